The van der Waals surface area contributed by atoms with Crippen LogP contribution in [0.15, 0.2) is 23.6 Å². The molecule has 7 heteroatoms. The molecular formula is C12H12ClN3O2S. The Hall–Kier alpha value is -1.66. The van der Waals surface area contributed by atoms with Crippen LogP contribution < -0.4 is 4.90 Å². The van der Waals surface area contributed by atoms with E-state index in [9.17, 15) is 10.1 Å². The SMILES string of the molecule is Cc1nc(CN(C)c2ccc(Cl)cc2[N+](=O)[O-])cs1. The van der Waals surface area contributed by atoms with Gasteiger partial charge in [0, 0.05) is 23.5 Å². The van der Waals surface area contributed by atoms with Crippen LogP contribution in [-0.2, 0) is 6.54 Å². The Bertz CT molecular complexity index is 615. The normalized spacial score (nSPS) is 10.5. The van der Waals surface area contributed by atoms with Crippen molar-refractivity contribution in [3.63, 3.8) is 0 Å². The van der Waals surface area contributed by atoms with Crippen molar-refractivity contribution in [2.75, 3.05) is 11.9 Å². The van der Waals surface area contributed by atoms with Gasteiger partial charge in [0.05, 0.1) is 22.2 Å². The van der Waals surface area contributed by atoms with E-state index in [2.05, 4.69) is 4.98 Å². The number of anilines is 1. The first-order valence-corrected chi connectivity index (χ1v) is 6.79. The molecule has 0 unspecified atom stereocenters. The molecule has 1 aromatic carbocycles. The Labute approximate surface area is 119 Å². The maximum absolute atomic E-state index is 11.0. The fourth-order valence-corrected chi connectivity index (χ4v) is 2.54. The molecule has 100 valence electrons. The van der Waals surface area contributed by atoms with Gasteiger partial charge in [-0.2, -0.15) is 0 Å². The van der Waals surface area contributed by atoms with Gasteiger partial charge in [-0.15, -0.1) is 11.3 Å². The average Bonchev–Trinajstić information content (AvgIpc) is 2.74. The van der Waals surface area contributed by atoms with Gasteiger partial charge in [-0.3, -0.25) is 10.1 Å². The van der Waals surface area contributed by atoms with Crippen LogP contribution in [0.4, 0.5) is 11.4 Å². The van der Waals surface area contributed by atoms with E-state index >= 15 is 0 Å². The van der Waals surface area contributed by atoms with Crippen LogP contribution in [-0.4, -0.2) is 17.0 Å². The molecule has 0 N–H and O–H groups in total. The standard InChI is InChI=1S/C12H12ClN3O2S/c1-8-14-10(7-19-8)6-15(2)11-4-3-9(13)5-12(11)16(17)18/h3-5,7H,6H2,1-2H3. The Kier molecular flexibility index (Phi) is 4.01. The lowest BCUT2D eigenvalue weighted by atomic mass is 10.2. The van der Waals surface area contributed by atoms with Gasteiger partial charge in [-0.05, 0) is 19.1 Å². The molecule has 19 heavy (non-hydrogen) atoms. The molecule has 0 radical (unpaired) electrons. The van der Waals surface area contributed by atoms with Crippen LogP contribution in [0.3, 0.4) is 0 Å². The summed E-state index contributed by atoms with van der Waals surface area (Å²) in [5, 5.41) is 14.3. The van der Waals surface area contributed by atoms with E-state index in [0.717, 1.165) is 10.7 Å². The number of aryl methyl sites for hydroxylation is 1. The van der Waals surface area contributed by atoms with E-state index in [1.807, 2.05) is 12.3 Å². The zero-order chi connectivity index (χ0) is 14.0. The van der Waals surface area contributed by atoms with Crippen LogP contribution in [0, 0.1) is 17.0 Å². The molecule has 0 spiro atoms. The van der Waals surface area contributed by atoms with E-state index in [4.69, 9.17) is 11.6 Å². The summed E-state index contributed by atoms with van der Waals surface area (Å²) in [5.41, 5.74) is 1.43. The van der Waals surface area contributed by atoms with E-state index in [-0.39, 0.29) is 5.69 Å². The van der Waals surface area contributed by atoms with Crippen LogP contribution in [0.5, 0.6) is 0 Å². The summed E-state index contributed by atoms with van der Waals surface area (Å²) in [7, 11) is 1.80. The predicted molar refractivity (Wildman–Crippen MR) is 77.1 cm³/mol. The van der Waals surface area contributed by atoms with Crippen LogP contribution in [0.1, 0.15) is 10.7 Å². The highest BCUT2D eigenvalue weighted by Crippen LogP contribution is 2.31. The summed E-state index contributed by atoms with van der Waals surface area (Å²) < 4.78 is 0. The number of nitro benzene ring substituents is 1. The number of hydrogen-bond donors (Lipinski definition) is 0. The van der Waals surface area contributed by atoms with Crippen molar-refractivity contribution >= 4 is 34.3 Å². The summed E-state index contributed by atoms with van der Waals surface area (Å²) in [6.07, 6.45) is 0. The topological polar surface area (TPSA) is 59.3 Å². The maximum Gasteiger partial charge on any atom is 0.294 e. The van der Waals surface area contributed by atoms with E-state index in [1.165, 1.54) is 6.07 Å². The second-order valence-electron chi connectivity index (χ2n) is 4.10. The average molecular weight is 298 g/mol. The second-order valence-corrected chi connectivity index (χ2v) is 5.60. The van der Waals surface area contributed by atoms with E-state index < -0.39 is 4.92 Å². The van der Waals surface area contributed by atoms with Crippen molar-refractivity contribution in [3.05, 3.63) is 49.4 Å². The molecule has 0 atom stereocenters. The molecule has 2 aromatic rings. The third kappa shape index (κ3) is 3.21. The number of hydrogen-bond acceptors (Lipinski definition) is 5. The zero-order valence-corrected chi connectivity index (χ0v) is 12.0. The van der Waals surface area contributed by atoms with Gasteiger partial charge in [0.15, 0.2) is 0 Å². The largest absolute Gasteiger partial charge is 0.363 e. The zero-order valence-electron chi connectivity index (χ0n) is 10.5. The lowest BCUT2D eigenvalue weighted by molar-refractivity contribution is -0.384. The molecule has 1 aromatic heterocycles. The van der Waals surface area contributed by atoms with Crippen molar-refractivity contribution in [1.29, 1.82) is 0 Å². The molecule has 0 aliphatic heterocycles. The van der Waals surface area contributed by atoms with Gasteiger partial charge in [0.25, 0.3) is 5.69 Å². The second kappa shape index (κ2) is 5.54. The molecule has 2 rings (SSSR count). The van der Waals surface area contributed by atoms with E-state index in [1.54, 1.807) is 35.4 Å². The molecule has 0 saturated carbocycles. The van der Waals surface area contributed by atoms with Crippen molar-refractivity contribution in [3.8, 4) is 0 Å². The minimum Gasteiger partial charge on any atom is -0.363 e. The monoisotopic (exact) mass is 297 g/mol. The molecule has 0 fully saturated rings. The van der Waals surface area contributed by atoms with Crippen LogP contribution in [0.25, 0.3) is 0 Å². The Morgan fingerprint density at radius 1 is 1.53 bits per heavy atom. The molecule has 5 nitrogen and oxygen atoms in total. The third-order valence-electron chi connectivity index (χ3n) is 2.61. The molecule has 0 saturated heterocycles. The van der Waals surface area contributed by atoms with Gasteiger partial charge < -0.3 is 4.90 Å². The molecule has 0 aliphatic rings. The summed E-state index contributed by atoms with van der Waals surface area (Å²) in [4.78, 5) is 16.8. The first kappa shape index (κ1) is 13.8. The summed E-state index contributed by atoms with van der Waals surface area (Å²) >= 11 is 7.36. The number of rotatable bonds is 4. The lowest BCUT2D eigenvalue weighted by Crippen LogP contribution is -2.17. The quantitative estimate of drug-likeness (QED) is 0.638. The van der Waals surface area contributed by atoms with Crippen LogP contribution >= 0.6 is 22.9 Å². The van der Waals surface area contributed by atoms with E-state index in [0.29, 0.717) is 17.3 Å². The Balaban J connectivity index is 2.28. The highest BCUT2D eigenvalue weighted by molar-refractivity contribution is 7.09. The number of aromatic nitrogens is 1. The fraction of sp³-hybridized carbons (Fsp3) is 0.250. The van der Waals surface area contributed by atoms with Crippen molar-refractivity contribution in [2.45, 2.75) is 13.5 Å². The summed E-state index contributed by atoms with van der Waals surface area (Å²) in [6.45, 7) is 2.45. The molecule has 1 heterocycles. The predicted octanol–water partition coefficient (Wildman–Crippen LogP) is 3.65. The van der Waals surface area contributed by atoms with Crippen molar-refractivity contribution in [1.82, 2.24) is 4.98 Å². The number of halogens is 1. The van der Waals surface area contributed by atoms with Gasteiger partial charge in [-0.25, -0.2) is 4.98 Å². The summed E-state index contributed by atoms with van der Waals surface area (Å²) in [6, 6.07) is 4.66. The summed E-state index contributed by atoms with van der Waals surface area (Å²) in [5.74, 6) is 0. The van der Waals surface area contributed by atoms with Crippen molar-refractivity contribution in [2.24, 2.45) is 0 Å². The highest BCUT2D eigenvalue weighted by Gasteiger charge is 2.18. The van der Waals surface area contributed by atoms with Gasteiger partial charge in [0.1, 0.15) is 5.69 Å². The first-order chi connectivity index (χ1) is 8.97. The third-order valence-corrected chi connectivity index (χ3v) is 3.67. The molecular weight excluding hydrogens is 286 g/mol. The molecule has 0 aliphatic carbocycles. The number of thiazole rings is 1. The Morgan fingerprint density at radius 3 is 2.84 bits per heavy atom. The van der Waals surface area contributed by atoms with Gasteiger partial charge in [-0.1, -0.05) is 11.6 Å². The maximum atomic E-state index is 11.0. The minimum absolute atomic E-state index is 0.00181. The molecule has 0 bridgehead atoms. The lowest BCUT2D eigenvalue weighted by Gasteiger charge is -2.18. The fourth-order valence-electron chi connectivity index (χ4n) is 1.77. The highest BCUT2D eigenvalue weighted by atomic mass is 35.5. The van der Waals surface area contributed by atoms with Crippen molar-refractivity contribution < 1.29 is 4.92 Å². The number of nitro groups is 1. The van der Waals surface area contributed by atoms with Crippen LogP contribution in [0.2, 0.25) is 5.02 Å². The smallest absolute Gasteiger partial charge is 0.294 e. The minimum atomic E-state index is -0.427. The Morgan fingerprint density at radius 2 is 2.26 bits per heavy atom. The molecule has 0 amide bonds. The van der Waals surface area contributed by atoms with Gasteiger partial charge in [0.2, 0.25) is 0 Å². The number of benzene rings is 1. The van der Waals surface area contributed by atoms with Gasteiger partial charge >= 0.3 is 0 Å². The number of nitrogens with zero attached hydrogens (tertiary/aromatic N) is 3. The first-order valence-electron chi connectivity index (χ1n) is 5.53.